The first-order chi connectivity index (χ1) is 9.33. The number of nitrogens with one attached hydrogen (secondary N) is 2. The summed E-state index contributed by atoms with van der Waals surface area (Å²) in [4.78, 5) is 12.3. The Morgan fingerprint density at radius 3 is 2.95 bits per heavy atom. The second-order valence-electron chi connectivity index (χ2n) is 5.18. The average molecular weight is 260 g/mol. The van der Waals surface area contributed by atoms with Crippen molar-refractivity contribution < 1.29 is 4.79 Å². The molecule has 0 spiro atoms. The molecule has 0 heterocycles. The van der Waals surface area contributed by atoms with Crippen molar-refractivity contribution in [2.45, 2.75) is 38.5 Å². The first-order valence-electron chi connectivity index (χ1n) is 7.39. The Bertz CT molecular complexity index is 417. The van der Waals surface area contributed by atoms with Gasteiger partial charge in [-0.2, -0.15) is 0 Å². The van der Waals surface area contributed by atoms with Crippen LogP contribution in [0.1, 0.15) is 43.2 Å². The Hall–Kier alpha value is -1.35. The van der Waals surface area contributed by atoms with Crippen LogP contribution in [0.25, 0.3) is 0 Å². The van der Waals surface area contributed by atoms with Crippen molar-refractivity contribution in [3.63, 3.8) is 0 Å². The predicted octanol–water partition coefficient (Wildman–Crippen LogP) is 2.22. The van der Waals surface area contributed by atoms with Crippen molar-refractivity contribution >= 4 is 5.91 Å². The van der Waals surface area contributed by atoms with Crippen molar-refractivity contribution in [1.29, 1.82) is 0 Å². The third-order valence-electron chi connectivity index (χ3n) is 3.71. The normalized spacial score (nSPS) is 17.8. The molecule has 1 aliphatic carbocycles. The van der Waals surface area contributed by atoms with Gasteiger partial charge >= 0.3 is 0 Å². The third-order valence-corrected chi connectivity index (χ3v) is 3.71. The van der Waals surface area contributed by atoms with Crippen LogP contribution < -0.4 is 10.6 Å². The Morgan fingerprint density at radius 1 is 1.26 bits per heavy atom. The third kappa shape index (κ3) is 3.80. The van der Waals surface area contributed by atoms with Crippen LogP contribution in [0.3, 0.4) is 0 Å². The van der Waals surface area contributed by atoms with Gasteiger partial charge in [0.25, 0.3) is 0 Å². The topological polar surface area (TPSA) is 41.1 Å². The SMILES string of the molecule is CCCNCCNC(=O)C1CCCc2ccccc21. The van der Waals surface area contributed by atoms with Crippen LogP contribution in [-0.2, 0) is 11.2 Å². The van der Waals surface area contributed by atoms with Gasteiger partial charge in [0.05, 0.1) is 5.92 Å². The number of fused-ring (bicyclic) bond motifs is 1. The Labute approximate surface area is 115 Å². The largest absolute Gasteiger partial charge is 0.354 e. The van der Waals surface area contributed by atoms with Crippen molar-refractivity contribution in [2.24, 2.45) is 0 Å². The maximum Gasteiger partial charge on any atom is 0.227 e. The molecule has 0 radical (unpaired) electrons. The molecule has 0 aromatic heterocycles. The minimum atomic E-state index is 0.0520. The number of hydrogen-bond donors (Lipinski definition) is 2. The van der Waals surface area contributed by atoms with Crippen molar-refractivity contribution in [1.82, 2.24) is 10.6 Å². The molecule has 0 saturated carbocycles. The molecule has 0 bridgehead atoms. The summed E-state index contributed by atoms with van der Waals surface area (Å²) in [5.74, 6) is 0.238. The molecule has 0 fully saturated rings. The molecular weight excluding hydrogens is 236 g/mol. The fourth-order valence-corrected chi connectivity index (χ4v) is 2.73. The molecule has 1 aromatic rings. The van der Waals surface area contributed by atoms with Gasteiger partial charge in [-0.05, 0) is 43.4 Å². The van der Waals surface area contributed by atoms with Gasteiger partial charge in [0.1, 0.15) is 0 Å². The number of hydrogen-bond acceptors (Lipinski definition) is 2. The van der Waals surface area contributed by atoms with Gasteiger partial charge in [0.15, 0.2) is 0 Å². The Balaban J connectivity index is 1.86. The molecule has 0 aliphatic heterocycles. The zero-order chi connectivity index (χ0) is 13.5. The highest BCUT2D eigenvalue weighted by Gasteiger charge is 2.25. The molecule has 1 unspecified atom stereocenters. The number of aryl methyl sites for hydroxylation is 1. The lowest BCUT2D eigenvalue weighted by Gasteiger charge is -2.24. The number of amides is 1. The highest BCUT2D eigenvalue weighted by Crippen LogP contribution is 2.31. The van der Waals surface area contributed by atoms with E-state index in [9.17, 15) is 4.79 Å². The summed E-state index contributed by atoms with van der Waals surface area (Å²) in [6.07, 6.45) is 4.33. The summed E-state index contributed by atoms with van der Waals surface area (Å²) >= 11 is 0. The summed E-state index contributed by atoms with van der Waals surface area (Å²) in [6.45, 7) is 4.73. The van der Waals surface area contributed by atoms with E-state index < -0.39 is 0 Å². The Morgan fingerprint density at radius 2 is 2.11 bits per heavy atom. The lowest BCUT2D eigenvalue weighted by molar-refractivity contribution is -0.122. The summed E-state index contributed by atoms with van der Waals surface area (Å²) in [7, 11) is 0. The van der Waals surface area contributed by atoms with E-state index in [0.29, 0.717) is 0 Å². The lowest BCUT2D eigenvalue weighted by atomic mass is 9.82. The van der Waals surface area contributed by atoms with Gasteiger partial charge < -0.3 is 10.6 Å². The van der Waals surface area contributed by atoms with Crippen LogP contribution >= 0.6 is 0 Å². The molecule has 2 N–H and O–H groups in total. The van der Waals surface area contributed by atoms with Crippen LogP contribution in [0, 0.1) is 0 Å². The molecule has 2 rings (SSSR count). The van der Waals surface area contributed by atoms with Gasteiger partial charge in [-0.1, -0.05) is 31.2 Å². The van der Waals surface area contributed by atoms with E-state index in [1.807, 2.05) is 6.07 Å². The van der Waals surface area contributed by atoms with Crippen LogP contribution in [0.15, 0.2) is 24.3 Å². The Kier molecular flexibility index (Phi) is 5.40. The van der Waals surface area contributed by atoms with E-state index in [1.54, 1.807) is 0 Å². The predicted molar refractivity (Wildman–Crippen MR) is 78.3 cm³/mol. The van der Waals surface area contributed by atoms with Crippen LogP contribution in [-0.4, -0.2) is 25.5 Å². The van der Waals surface area contributed by atoms with Crippen LogP contribution in [0.4, 0.5) is 0 Å². The second-order valence-corrected chi connectivity index (χ2v) is 5.18. The van der Waals surface area contributed by atoms with Crippen LogP contribution in [0.2, 0.25) is 0 Å². The number of carbonyl (C=O) groups excluding carboxylic acids is 1. The van der Waals surface area contributed by atoms with E-state index in [1.165, 1.54) is 11.1 Å². The number of rotatable bonds is 6. The zero-order valence-electron chi connectivity index (χ0n) is 11.7. The zero-order valence-corrected chi connectivity index (χ0v) is 11.7. The van der Waals surface area contributed by atoms with Gasteiger partial charge in [0.2, 0.25) is 5.91 Å². The summed E-state index contributed by atoms with van der Waals surface area (Å²) in [5, 5.41) is 6.35. The highest BCUT2D eigenvalue weighted by atomic mass is 16.1. The van der Waals surface area contributed by atoms with E-state index in [4.69, 9.17) is 0 Å². The summed E-state index contributed by atoms with van der Waals surface area (Å²) in [6, 6.07) is 8.35. The summed E-state index contributed by atoms with van der Waals surface area (Å²) < 4.78 is 0. The number of carbonyl (C=O) groups is 1. The summed E-state index contributed by atoms with van der Waals surface area (Å²) in [5.41, 5.74) is 2.57. The van der Waals surface area contributed by atoms with E-state index in [2.05, 4.69) is 35.8 Å². The fourth-order valence-electron chi connectivity index (χ4n) is 2.73. The first kappa shape index (κ1) is 14.1. The smallest absolute Gasteiger partial charge is 0.227 e. The van der Waals surface area contributed by atoms with Crippen molar-refractivity contribution in [3.05, 3.63) is 35.4 Å². The van der Waals surface area contributed by atoms with Gasteiger partial charge in [-0.3, -0.25) is 4.79 Å². The lowest BCUT2D eigenvalue weighted by Crippen LogP contribution is -2.36. The molecular formula is C16H24N2O. The fraction of sp³-hybridized carbons (Fsp3) is 0.562. The first-order valence-corrected chi connectivity index (χ1v) is 7.39. The maximum atomic E-state index is 12.3. The molecule has 1 aromatic carbocycles. The van der Waals surface area contributed by atoms with Crippen LogP contribution in [0.5, 0.6) is 0 Å². The quantitative estimate of drug-likeness (QED) is 0.770. The molecule has 1 amide bonds. The van der Waals surface area contributed by atoms with Crippen molar-refractivity contribution in [2.75, 3.05) is 19.6 Å². The number of benzene rings is 1. The minimum absolute atomic E-state index is 0.0520. The standard InChI is InChI=1S/C16H24N2O/c1-2-10-17-11-12-18-16(19)15-9-5-7-13-6-3-4-8-14(13)15/h3-4,6,8,15,17H,2,5,7,9-12H2,1H3,(H,18,19). The van der Waals surface area contributed by atoms with Gasteiger partial charge in [-0.15, -0.1) is 0 Å². The molecule has 0 saturated heterocycles. The van der Waals surface area contributed by atoms with E-state index in [-0.39, 0.29) is 11.8 Å². The molecule has 3 nitrogen and oxygen atoms in total. The molecule has 3 heteroatoms. The second kappa shape index (κ2) is 7.29. The van der Waals surface area contributed by atoms with E-state index in [0.717, 1.165) is 45.3 Å². The molecule has 1 aliphatic rings. The highest BCUT2D eigenvalue weighted by molar-refractivity contribution is 5.84. The molecule has 104 valence electrons. The minimum Gasteiger partial charge on any atom is -0.354 e. The van der Waals surface area contributed by atoms with Gasteiger partial charge in [0, 0.05) is 13.1 Å². The van der Waals surface area contributed by atoms with E-state index >= 15 is 0 Å². The molecule has 1 atom stereocenters. The monoisotopic (exact) mass is 260 g/mol. The maximum absolute atomic E-state index is 12.3. The van der Waals surface area contributed by atoms with Crippen molar-refractivity contribution in [3.8, 4) is 0 Å². The molecule has 19 heavy (non-hydrogen) atoms. The van der Waals surface area contributed by atoms with Gasteiger partial charge in [-0.25, -0.2) is 0 Å². The average Bonchev–Trinajstić information content (AvgIpc) is 2.46.